The predicted molar refractivity (Wildman–Crippen MR) is 76.2 cm³/mol. The summed E-state index contributed by atoms with van der Waals surface area (Å²) in [5.41, 5.74) is 0. The van der Waals surface area contributed by atoms with Crippen molar-refractivity contribution in [1.82, 2.24) is 15.1 Å². The van der Waals surface area contributed by atoms with E-state index in [-0.39, 0.29) is 23.9 Å². The summed E-state index contributed by atoms with van der Waals surface area (Å²) in [6, 6.07) is 0.208. The highest BCUT2D eigenvalue weighted by Gasteiger charge is 2.37. The molecule has 0 bridgehead atoms. The maximum Gasteiger partial charge on any atom is 0.317 e. The Balaban J connectivity index is 1.53. The van der Waals surface area contributed by atoms with E-state index < -0.39 is 0 Å². The summed E-state index contributed by atoms with van der Waals surface area (Å²) in [5, 5.41) is 2.86. The molecule has 1 saturated carbocycles. The van der Waals surface area contributed by atoms with Gasteiger partial charge in [-0.2, -0.15) is 0 Å². The van der Waals surface area contributed by atoms with Crippen molar-refractivity contribution in [3.8, 4) is 0 Å². The van der Waals surface area contributed by atoms with Crippen molar-refractivity contribution in [3.05, 3.63) is 0 Å². The Labute approximate surface area is 120 Å². The van der Waals surface area contributed by atoms with Crippen molar-refractivity contribution in [2.75, 3.05) is 26.2 Å². The smallest absolute Gasteiger partial charge is 0.317 e. The van der Waals surface area contributed by atoms with Crippen LogP contribution >= 0.6 is 0 Å². The molecule has 20 heavy (non-hydrogen) atoms. The number of hydrogen-bond donors (Lipinski definition) is 1. The van der Waals surface area contributed by atoms with Crippen LogP contribution in [-0.4, -0.2) is 54.0 Å². The van der Waals surface area contributed by atoms with Crippen LogP contribution in [0.15, 0.2) is 0 Å². The van der Waals surface area contributed by atoms with E-state index in [1.54, 1.807) is 0 Å². The van der Waals surface area contributed by atoms with Gasteiger partial charge in [-0.25, -0.2) is 4.79 Å². The maximum absolute atomic E-state index is 12.6. The standard InChI is InChI=1S/C15H25N3O2/c1-11(8-12-4-2-3-5-12)14(19)17-6-7-18-13(10-17)9-16-15(18)20/h11-13H,2-10H2,1H3,(H,16,20)/t11-,13-/m0/s1. The third kappa shape index (κ3) is 2.63. The highest BCUT2D eigenvalue weighted by Crippen LogP contribution is 2.31. The third-order valence-corrected chi connectivity index (χ3v) is 5.13. The molecule has 5 heteroatoms. The summed E-state index contributed by atoms with van der Waals surface area (Å²) in [6.07, 6.45) is 6.31. The van der Waals surface area contributed by atoms with E-state index in [4.69, 9.17) is 0 Å². The molecule has 0 aromatic rings. The van der Waals surface area contributed by atoms with Crippen molar-refractivity contribution in [2.24, 2.45) is 11.8 Å². The van der Waals surface area contributed by atoms with Crippen LogP contribution in [0.1, 0.15) is 39.0 Å². The van der Waals surface area contributed by atoms with E-state index in [1.807, 2.05) is 9.80 Å². The summed E-state index contributed by atoms with van der Waals surface area (Å²) < 4.78 is 0. The number of piperazine rings is 1. The molecule has 3 aliphatic rings. The van der Waals surface area contributed by atoms with Gasteiger partial charge < -0.3 is 15.1 Å². The van der Waals surface area contributed by atoms with Crippen LogP contribution in [0.5, 0.6) is 0 Å². The topological polar surface area (TPSA) is 52.7 Å². The molecule has 2 aliphatic heterocycles. The number of carbonyl (C=O) groups is 2. The monoisotopic (exact) mass is 279 g/mol. The van der Waals surface area contributed by atoms with Gasteiger partial charge in [0.15, 0.2) is 0 Å². The summed E-state index contributed by atoms with van der Waals surface area (Å²) >= 11 is 0. The number of carbonyl (C=O) groups excluding carboxylic acids is 2. The van der Waals surface area contributed by atoms with E-state index in [0.29, 0.717) is 26.2 Å². The zero-order valence-corrected chi connectivity index (χ0v) is 12.3. The molecule has 112 valence electrons. The molecule has 0 unspecified atom stereocenters. The van der Waals surface area contributed by atoms with Crippen LogP contribution in [0.3, 0.4) is 0 Å². The fourth-order valence-corrected chi connectivity index (χ4v) is 3.96. The van der Waals surface area contributed by atoms with Gasteiger partial charge in [0.05, 0.1) is 6.04 Å². The Morgan fingerprint density at radius 1 is 1.35 bits per heavy atom. The molecule has 5 nitrogen and oxygen atoms in total. The lowest BCUT2D eigenvalue weighted by atomic mass is 9.93. The number of urea groups is 1. The van der Waals surface area contributed by atoms with Crippen LogP contribution in [0.25, 0.3) is 0 Å². The van der Waals surface area contributed by atoms with Gasteiger partial charge in [0.25, 0.3) is 0 Å². The van der Waals surface area contributed by atoms with Crippen LogP contribution < -0.4 is 5.32 Å². The van der Waals surface area contributed by atoms with Gasteiger partial charge in [-0.1, -0.05) is 32.6 Å². The quantitative estimate of drug-likeness (QED) is 0.850. The first-order valence-electron chi connectivity index (χ1n) is 7.98. The van der Waals surface area contributed by atoms with Crippen molar-refractivity contribution in [2.45, 2.75) is 45.1 Å². The van der Waals surface area contributed by atoms with Gasteiger partial charge in [0.1, 0.15) is 0 Å². The Hall–Kier alpha value is -1.26. The highest BCUT2D eigenvalue weighted by atomic mass is 16.2. The van der Waals surface area contributed by atoms with Gasteiger partial charge in [-0.15, -0.1) is 0 Å². The van der Waals surface area contributed by atoms with Crippen molar-refractivity contribution in [3.63, 3.8) is 0 Å². The van der Waals surface area contributed by atoms with E-state index >= 15 is 0 Å². The van der Waals surface area contributed by atoms with Gasteiger partial charge in [-0.05, 0) is 12.3 Å². The minimum atomic E-state index is 0.0288. The normalized spacial score (nSPS) is 28.4. The van der Waals surface area contributed by atoms with E-state index in [0.717, 1.165) is 12.3 Å². The van der Waals surface area contributed by atoms with Crippen LogP contribution in [0.4, 0.5) is 4.79 Å². The SMILES string of the molecule is C[C@@H](CC1CCCC1)C(=O)N1CCN2C(=O)NC[C@H]2C1. The second-order valence-electron chi connectivity index (χ2n) is 6.60. The summed E-state index contributed by atoms with van der Waals surface area (Å²) in [5.74, 6) is 1.18. The molecule has 3 amide bonds. The average molecular weight is 279 g/mol. The molecular formula is C15H25N3O2. The molecule has 1 N–H and O–H groups in total. The fourth-order valence-electron chi connectivity index (χ4n) is 3.96. The van der Waals surface area contributed by atoms with Gasteiger partial charge in [0.2, 0.25) is 5.91 Å². The molecule has 3 rings (SSSR count). The molecule has 0 aromatic heterocycles. The lowest BCUT2D eigenvalue weighted by molar-refractivity contribution is -0.137. The fraction of sp³-hybridized carbons (Fsp3) is 0.867. The number of nitrogens with one attached hydrogen (secondary N) is 1. The molecular weight excluding hydrogens is 254 g/mol. The third-order valence-electron chi connectivity index (χ3n) is 5.13. The van der Waals surface area contributed by atoms with Crippen LogP contribution in [0, 0.1) is 11.8 Å². The summed E-state index contributed by atoms with van der Waals surface area (Å²) in [4.78, 5) is 28.0. The van der Waals surface area contributed by atoms with Crippen LogP contribution in [0.2, 0.25) is 0 Å². The molecule has 3 fully saturated rings. The van der Waals surface area contributed by atoms with Gasteiger partial charge in [0, 0.05) is 32.1 Å². The Bertz CT molecular complexity index is 393. The number of rotatable bonds is 3. The largest absolute Gasteiger partial charge is 0.339 e. The Morgan fingerprint density at radius 2 is 2.10 bits per heavy atom. The van der Waals surface area contributed by atoms with Crippen molar-refractivity contribution >= 4 is 11.9 Å². The molecule has 2 saturated heterocycles. The minimum Gasteiger partial charge on any atom is -0.339 e. The predicted octanol–water partition coefficient (Wildman–Crippen LogP) is 1.44. The van der Waals surface area contributed by atoms with Gasteiger partial charge >= 0.3 is 6.03 Å². The molecule has 2 atom stereocenters. The molecule has 0 aromatic carbocycles. The molecule has 0 spiro atoms. The van der Waals surface area contributed by atoms with Gasteiger partial charge in [-0.3, -0.25) is 4.79 Å². The first kappa shape index (κ1) is 13.7. The van der Waals surface area contributed by atoms with Crippen molar-refractivity contribution in [1.29, 1.82) is 0 Å². The lowest BCUT2D eigenvalue weighted by Gasteiger charge is -2.37. The van der Waals surface area contributed by atoms with Crippen molar-refractivity contribution < 1.29 is 9.59 Å². The second kappa shape index (κ2) is 5.62. The molecule has 2 heterocycles. The minimum absolute atomic E-state index is 0.0288. The Morgan fingerprint density at radius 3 is 2.85 bits per heavy atom. The molecule has 1 aliphatic carbocycles. The molecule has 0 radical (unpaired) electrons. The maximum atomic E-state index is 12.6. The lowest BCUT2D eigenvalue weighted by Crippen LogP contribution is -2.54. The Kier molecular flexibility index (Phi) is 3.85. The first-order chi connectivity index (χ1) is 9.65. The van der Waals surface area contributed by atoms with Crippen LogP contribution in [-0.2, 0) is 4.79 Å². The van der Waals surface area contributed by atoms with E-state index in [1.165, 1.54) is 25.7 Å². The second-order valence-corrected chi connectivity index (χ2v) is 6.60. The average Bonchev–Trinajstić information content (AvgIpc) is 3.08. The zero-order chi connectivity index (χ0) is 14.1. The number of hydrogen-bond acceptors (Lipinski definition) is 2. The summed E-state index contributed by atoms with van der Waals surface area (Å²) in [6.45, 7) is 4.83. The number of nitrogens with zero attached hydrogens (tertiary/aromatic N) is 2. The van der Waals surface area contributed by atoms with E-state index in [2.05, 4.69) is 12.2 Å². The summed E-state index contributed by atoms with van der Waals surface area (Å²) in [7, 11) is 0. The number of fused-ring (bicyclic) bond motifs is 1. The first-order valence-corrected chi connectivity index (χ1v) is 7.98. The highest BCUT2D eigenvalue weighted by molar-refractivity contribution is 5.80. The number of amides is 3. The zero-order valence-electron chi connectivity index (χ0n) is 12.3. The van der Waals surface area contributed by atoms with E-state index in [9.17, 15) is 9.59 Å².